The van der Waals surface area contributed by atoms with Crippen molar-refractivity contribution in [3.8, 4) is 0 Å². The van der Waals surface area contributed by atoms with Gasteiger partial charge in [0, 0.05) is 4.48 Å². The van der Waals surface area contributed by atoms with E-state index in [4.69, 9.17) is 4.74 Å². The van der Waals surface area contributed by atoms with Gasteiger partial charge in [-0.05, 0) is 13.0 Å². The number of nitro groups is 1. The van der Waals surface area contributed by atoms with Gasteiger partial charge in [-0.2, -0.15) is 0 Å². The van der Waals surface area contributed by atoms with Crippen LogP contribution in [0.5, 0.6) is 0 Å². The molecule has 0 aromatic carbocycles. The number of carbonyl (C=O) groups excluding carboxylic acids is 1. The van der Waals surface area contributed by atoms with E-state index in [9.17, 15) is 14.9 Å². The minimum atomic E-state index is -0.686. The first-order valence-electron chi connectivity index (χ1n) is 3.86. The molecule has 0 aromatic heterocycles. The summed E-state index contributed by atoms with van der Waals surface area (Å²) in [5.74, 6) is -0.0547. The third-order valence-corrected chi connectivity index (χ3v) is 1.99. The first kappa shape index (κ1) is 13.6. The number of aldehydes is 1. The molecule has 0 rings (SSSR count). The molecule has 82 valence electrons. The lowest BCUT2D eigenvalue weighted by Crippen LogP contribution is -2.08. The highest BCUT2D eigenvalue weighted by Gasteiger charge is 2.24. The number of halogens is 1. The van der Waals surface area contributed by atoms with Gasteiger partial charge in [-0.3, -0.25) is 14.9 Å². The zero-order valence-corrected chi connectivity index (χ0v) is 9.91. The number of methoxy groups -OCH3 is 1. The summed E-state index contributed by atoms with van der Waals surface area (Å²) in [4.78, 5) is 20.8. The van der Waals surface area contributed by atoms with Crippen LogP contribution in [0.4, 0.5) is 0 Å². The van der Waals surface area contributed by atoms with Gasteiger partial charge in [-0.15, -0.1) is 0 Å². The Kier molecular flexibility index (Phi) is 5.54. The Balaban J connectivity index is 5.82. The molecule has 0 spiro atoms. The number of carbonyl (C=O) groups is 1. The van der Waals surface area contributed by atoms with E-state index in [1.165, 1.54) is 20.1 Å². The first-order chi connectivity index (χ1) is 6.99. The second-order valence-corrected chi connectivity index (χ2v) is 3.63. The highest BCUT2D eigenvalue weighted by Crippen LogP contribution is 2.21. The van der Waals surface area contributed by atoms with E-state index in [1.54, 1.807) is 0 Å². The molecule has 6 heteroatoms. The zero-order chi connectivity index (χ0) is 12.0. The van der Waals surface area contributed by atoms with Gasteiger partial charge in [0.1, 0.15) is 5.57 Å². The van der Waals surface area contributed by atoms with Crippen molar-refractivity contribution in [1.82, 2.24) is 0 Å². The monoisotopic (exact) mass is 275 g/mol. The summed E-state index contributed by atoms with van der Waals surface area (Å²) in [6.45, 7) is 4.90. The maximum absolute atomic E-state index is 10.8. The van der Waals surface area contributed by atoms with Crippen LogP contribution in [0.1, 0.15) is 6.92 Å². The summed E-state index contributed by atoms with van der Waals surface area (Å²) in [7, 11) is 1.27. The molecule has 0 heterocycles. The molecule has 0 aromatic rings. The number of ether oxygens (including phenoxy) is 1. The Morgan fingerprint density at radius 1 is 1.60 bits per heavy atom. The normalized spacial score (nSPS) is 13.5. The number of nitrogens with zero attached hydrogens (tertiary/aromatic N) is 1. The Morgan fingerprint density at radius 3 is 2.33 bits per heavy atom. The molecule has 15 heavy (non-hydrogen) atoms. The predicted octanol–water partition coefficient (Wildman–Crippen LogP) is 2.17. The van der Waals surface area contributed by atoms with Crippen molar-refractivity contribution in [3.05, 3.63) is 44.3 Å². The number of hydrogen-bond donors (Lipinski definition) is 0. The van der Waals surface area contributed by atoms with Crippen LogP contribution < -0.4 is 0 Å². The van der Waals surface area contributed by atoms with Gasteiger partial charge in [0.05, 0.1) is 12.0 Å². The van der Waals surface area contributed by atoms with E-state index >= 15 is 0 Å². The molecule has 0 aliphatic carbocycles. The van der Waals surface area contributed by atoms with E-state index in [0.717, 1.165) is 0 Å². The van der Waals surface area contributed by atoms with Crippen LogP contribution in [0.2, 0.25) is 0 Å². The molecule has 0 saturated heterocycles. The van der Waals surface area contributed by atoms with E-state index < -0.39 is 10.6 Å². The lowest BCUT2D eigenvalue weighted by atomic mass is 10.2. The van der Waals surface area contributed by atoms with Crippen LogP contribution in [0, 0.1) is 10.1 Å². The molecule has 0 N–H and O–H groups in total. The predicted molar refractivity (Wildman–Crippen MR) is 58.9 cm³/mol. The highest BCUT2D eigenvalue weighted by molar-refractivity contribution is 9.11. The Hall–Kier alpha value is -1.43. The lowest BCUT2D eigenvalue weighted by Gasteiger charge is -2.03. The Bertz CT molecular complexity index is 353. The lowest BCUT2D eigenvalue weighted by molar-refractivity contribution is -0.422. The van der Waals surface area contributed by atoms with Gasteiger partial charge in [0.15, 0.2) is 12.0 Å². The molecule has 0 radical (unpaired) electrons. The fraction of sp³-hybridized carbons (Fsp3) is 0.222. The topological polar surface area (TPSA) is 69.4 Å². The van der Waals surface area contributed by atoms with Gasteiger partial charge in [-0.1, -0.05) is 22.5 Å². The zero-order valence-electron chi connectivity index (χ0n) is 8.32. The third-order valence-electron chi connectivity index (χ3n) is 1.57. The van der Waals surface area contributed by atoms with Crippen molar-refractivity contribution in [3.63, 3.8) is 0 Å². The fourth-order valence-electron chi connectivity index (χ4n) is 0.898. The molecular weight excluding hydrogens is 266 g/mol. The summed E-state index contributed by atoms with van der Waals surface area (Å²) < 4.78 is 5.12. The minimum absolute atomic E-state index is 0.0547. The van der Waals surface area contributed by atoms with Crippen molar-refractivity contribution in [2.45, 2.75) is 6.92 Å². The SMILES string of the molecule is C=C/C(OC)=C(\C(C=O)=C(/C)Br)[N+](=O)[O-]. The fourth-order valence-corrected chi connectivity index (χ4v) is 1.18. The van der Waals surface area contributed by atoms with Crippen molar-refractivity contribution >= 4 is 22.2 Å². The van der Waals surface area contributed by atoms with Gasteiger partial charge in [0.25, 0.3) is 0 Å². The number of allylic oxidation sites excluding steroid dienone is 3. The summed E-state index contributed by atoms with van der Waals surface area (Å²) in [5.41, 5.74) is -0.478. The van der Waals surface area contributed by atoms with Crippen molar-refractivity contribution in [2.75, 3.05) is 7.11 Å². The molecular formula is C9H10BrNO4. The van der Waals surface area contributed by atoms with Crippen LogP contribution in [0.3, 0.4) is 0 Å². The maximum Gasteiger partial charge on any atom is 0.322 e. The quantitative estimate of drug-likeness (QED) is 0.193. The Labute approximate surface area is 95.4 Å². The summed E-state index contributed by atoms with van der Waals surface area (Å²) in [6, 6.07) is 0. The van der Waals surface area contributed by atoms with Crippen LogP contribution in [-0.2, 0) is 9.53 Å². The molecule has 5 nitrogen and oxygen atoms in total. The minimum Gasteiger partial charge on any atom is -0.490 e. The highest BCUT2D eigenvalue weighted by atomic mass is 79.9. The summed E-state index contributed by atoms with van der Waals surface area (Å²) in [5, 5.41) is 10.8. The van der Waals surface area contributed by atoms with Crippen molar-refractivity contribution in [2.24, 2.45) is 0 Å². The number of rotatable bonds is 5. The summed E-state index contributed by atoms with van der Waals surface area (Å²) in [6.07, 6.45) is 1.57. The Morgan fingerprint density at radius 2 is 2.13 bits per heavy atom. The van der Waals surface area contributed by atoms with E-state index in [2.05, 4.69) is 22.5 Å². The van der Waals surface area contributed by atoms with Crippen molar-refractivity contribution in [1.29, 1.82) is 0 Å². The second kappa shape index (κ2) is 6.13. The standard InChI is InChI=1S/C9H10BrNO4/c1-4-8(15-3)9(11(13)14)7(5-12)6(2)10/h4-5H,1H2,2-3H3/b7-6+,9-8-. The van der Waals surface area contributed by atoms with E-state index in [0.29, 0.717) is 10.8 Å². The smallest absolute Gasteiger partial charge is 0.322 e. The maximum atomic E-state index is 10.8. The third kappa shape index (κ3) is 3.32. The molecule has 0 aliphatic heterocycles. The van der Waals surface area contributed by atoms with Crippen molar-refractivity contribution < 1.29 is 14.5 Å². The molecule has 0 bridgehead atoms. The average Bonchev–Trinajstić information content (AvgIpc) is 2.17. The molecule has 0 amide bonds. The summed E-state index contributed by atoms with van der Waals surface area (Å²) >= 11 is 3.02. The van der Waals surface area contributed by atoms with Gasteiger partial charge < -0.3 is 4.74 Å². The average molecular weight is 276 g/mol. The van der Waals surface area contributed by atoms with Crippen LogP contribution in [0.15, 0.2) is 34.2 Å². The molecule has 0 aliphatic rings. The van der Waals surface area contributed by atoms with Gasteiger partial charge in [0.2, 0.25) is 0 Å². The van der Waals surface area contributed by atoms with E-state index in [1.807, 2.05) is 0 Å². The van der Waals surface area contributed by atoms with Crippen LogP contribution in [-0.4, -0.2) is 18.3 Å². The van der Waals surface area contributed by atoms with Gasteiger partial charge >= 0.3 is 5.70 Å². The number of hydrogen-bond acceptors (Lipinski definition) is 4. The van der Waals surface area contributed by atoms with Gasteiger partial charge in [-0.25, -0.2) is 0 Å². The molecule has 0 unspecified atom stereocenters. The molecule has 0 atom stereocenters. The van der Waals surface area contributed by atoms with E-state index in [-0.39, 0.29) is 11.3 Å². The second-order valence-electron chi connectivity index (χ2n) is 2.44. The first-order valence-corrected chi connectivity index (χ1v) is 4.65. The largest absolute Gasteiger partial charge is 0.490 e. The molecule has 0 fully saturated rings. The molecule has 0 saturated carbocycles. The van der Waals surface area contributed by atoms with Crippen LogP contribution >= 0.6 is 15.9 Å². The van der Waals surface area contributed by atoms with Crippen LogP contribution in [0.25, 0.3) is 0 Å².